The zero-order valence-corrected chi connectivity index (χ0v) is 11.0. The Hall–Kier alpha value is -0.390. The number of quaternary nitrogens is 1. The highest BCUT2D eigenvalue weighted by atomic mass is 32.2. The zero-order valence-electron chi connectivity index (χ0n) is 10.2. The Labute approximate surface area is 93.9 Å². The molecule has 0 fully saturated rings. The lowest BCUT2D eigenvalue weighted by Gasteiger charge is -2.30. The molecule has 0 radical (unpaired) electrons. The van der Waals surface area contributed by atoms with E-state index < -0.39 is 10.1 Å². The van der Waals surface area contributed by atoms with Gasteiger partial charge in [0, 0.05) is 0 Å². The molecule has 0 bridgehead atoms. The summed E-state index contributed by atoms with van der Waals surface area (Å²) in [5.41, 5.74) is 0. The fraction of sp³-hybridized carbons (Fsp3) is 0.800. The Bertz CT molecular complexity index is 248. The number of hydrogen-bond donors (Lipinski definition) is 1. The quantitative estimate of drug-likeness (QED) is 0.449. The average molecular weight is 238 g/mol. The Kier molecular flexibility index (Phi) is 8.90. The summed E-state index contributed by atoms with van der Waals surface area (Å²) in [5.74, 6) is -0.368. The largest absolute Gasteiger partial charge is 0.327 e. The molecule has 0 aliphatic carbocycles. The smallest absolute Gasteiger partial charge is 0.268 e. The van der Waals surface area contributed by atoms with Gasteiger partial charge in [-0.2, -0.15) is 8.42 Å². The van der Waals surface area contributed by atoms with Crippen LogP contribution in [-0.2, 0) is 10.1 Å². The molecule has 0 rings (SSSR count). The first kappa shape index (κ1) is 17.0. The Balaban J connectivity index is 0. The molecule has 0 amide bonds. The molecular formula is C10H24NO3S+. The molecular weight excluding hydrogens is 214 g/mol. The van der Waals surface area contributed by atoms with Gasteiger partial charge >= 0.3 is 0 Å². The second-order valence-electron chi connectivity index (χ2n) is 3.61. The molecule has 0 spiro atoms. The van der Waals surface area contributed by atoms with Crippen LogP contribution in [0.15, 0.2) is 12.7 Å². The van der Waals surface area contributed by atoms with Crippen LogP contribution in [0.25, 0.3) is 0 Å². The summed E-state index contributed by atoms with van der Waals surface area (Å²) in [6.45, 7) is 13.6. The van der Waals surface area contributed by atoms with Crippen LogP contribution >= 0.6 is 0 Å². The van der Waals surface area contributed by atoms with Gasteiger partial charge in [-0.1, -0.05) is 6.08 Å². The Morgan fingerprint density at radius 1 is 1.20 bits per heavy atom. The highest BCUT2D eigenvalue weighted by Crippen LogP contribution is 1.97. The number of rotatable bonds is 5. The summed E-state index contributed by atoms with van der Waals surface area (Å²) in [6.07, 6.45) is 1.12. The molecule has 0 heterocycles. The minimum Gasteiger partial charge on any atom is -0.327 e. The first-order valence-electron chi connectivity index (χ1n) is 5.14. The first-order chi connectivity index (χ1) is 6.74. The molecule has 92 valence electrons. The van der Waals surface area contributed by atoms with Crippen molar-refractivity contribution in [2.45, 2.75) is 20.8 Å². The van der Waals surface area contributed by atoms with Crippen molar-refractivity contribution in [2.75, 3.05) is 32.4 Å². The average Bonchev–Trinajstić information content (AvgIpc) is 2.16. The van der Waals surface area contributed by atoms with Crippen LogP contribution in [0.3, 0.4) is 0 Å². The normalized spacial score (nSPS) is 11.5. The minimum absolute atomic E-state index is 0.368. The number of nitrogens with zero attached hydrogens (tertiary/aromatic N) is 1. The lowest BCUT2D eigenvalue weighted by Crippen LogP contribution is -2.42. The number of hydrogen-bond acceptors (Lipinski definition) is 2. The zero-order chi connectivity index (χ0) is 12.5. The van der Waals surface area contributed by atoms with Crippen molar-refractivity contribution < 1.29 is 17.5 Å². The lowest BCUT2D eigenvalue weighted by atomic mass is 10.4. The molecule has 4 nitrogen and oxygen atoms in total. The Morgan fingerprint density at radius 3 is 1.53 bits per heavy atom. The van der Waals surface area contributed by atoms with Gasteiger partial charge in [0.25, 0.3) is 10.1 Å². The third kappa shape index (κ3) is 11.5. The van der Waals surface area contributed by atoms with Crippen molar-refractivity contribution in [3.63, 3.8) is 0 Å². The van der Waals surface area contributed by atoms with Gasteiger partial charge in [-0.25, -0.2) is 0 Å². The second-order valence-corrected chi connectivity index (χ2v) is 5.10. The highest BCUT2D eigenvalue weighted by molar-refractivity contribution is 7.85. The summed E-state index contributed by atoms with van der Waals surface area (Å²) in [6, 6.07) is 0. The molecule has 0 saturated carbocycles. The van der Waals surface area contributed by atoms with Gasteiger partial charge in [0.15, 0.2) is 0 Å². The van der Waals surface area contributed by atoms with E-state index in [-0.39, 0.29) is 5.75 Å². The van der Waals surface area contributed by atoms with E-state index in [0.717, 1.165) is 6.08 Å². The van der Waals surface area contributed by atoms with Gasteiger partial charge in [0.05, 0.1) is 32.4 Å². The maximum absolute atomic E-state index is 9.72. The van der Waals surface area contributed by atoms with E-state index in [2.05, 4.69) is 34.4 Å². The van der Waals surface area contributed by atoms with Crippen LogP contribution in [-0.4, -0.2) is 49.9 Å². The van der Waals surface area contributed by atoms with E-state index in [9.17, 15) is 8.42 Å². The van der Waals surface area contributed by atoms with Crippen LogP contribution < -0.4 is 0 Å². The van der Waals surface area contributed by atoms with Crippen molar-refractivity contribution >= 4 is 10.1 Å². The van der Waals surface area contributed by atoms with Crippen LogP contribution in [0.4, 0.5) is 0 Å². The monoisotopic (exact) mass is 238 g/mol. The van der Waals surface area contributed by atoms with Gasteiger partial charge in [0.1, 0.15) is 0 Å². The van der Waals surface area contributed by atoms with E-state index in [1.165, 1.54) is 24.1 Å². The van der Waals surface area contributed by atoms with E-state index in [1.807, 2.05) is 0 Å². The van der Waals surface area contributed by atoms with Crippen molar-refractivity contribution in [3.05, 3.63) is 12.7 Å². The minimum atomic E-state index is -3.79. The summed E-state index contributed by atoms with van der Waals surface area (Å²) in [5, 5.41) is 0. The van der Waals surface area contributed by atoms with Crippen molar-refractivity contribution in [3.8, 4) is 0 Å². The lowest BCUT2D eigenvalue weighted by molar-refractivity contribution is -0.904. The maximum atomic E-state index is 9.72. The predicted molar refractivity (Wildman–Crippen MR) is 64.4 cm³/mol. The first-order valence-corrected chi connectivity index (χ1v) is 6.75. The molecule has 0 aromatic carbocycles. The van der Waals surface area contributed by atoms with E-state index in [4.69, 9.17) is 4.55 Å². The van der Waals surface area contributed by atoms with E-state index in [1.54, 1.807) is 0 Å². The second kappa shape index (κ2) is 7.84. The van der Waals surface area contributed by atoms with Crippen LogP contribution in [0.5, 0.6) is 0 Å². The summed E-state index contributed by atoms with van der Waals surface area (Å²) in [4.78, 5) is 0. The SMILES string of the molecule is C=CCS(=O)(=O)O.CC[N+](C)(CC)CC. The van der Waals surface area contributed by atoms with Crippen molar-refractivity contribution in [1.82, 2.24) is 0 Å². The molecule has 5 heteroatoms. The van der Waals surface area contributed by atoms with Gasteiger partial charge in [-0.15, -0.1) is 6.58 Å². The van der Waals surface area contributed by atoms with Gasteiger partial charge in [-0.05, 0) is 20.8 Å². The summed E-state index contributed by atoms with van der Waals surface area (Å²) < 4.78 is 28.6. The van der Waals surface area contributed by atoms with Crippen molar-refractivity contribution in [1.29, 1.82) is 0 Å². The molecule has 0 aromatic heterocycles. The topological polar surface area (TPSA) is 54.4 Å². The van der Waals surface area contributed by atoms with Gasteiger partial charge in [-0.3, -0.25) is 4.55 Å². The molecule has 0 aromatic rings. The van der Waals surface area contributed by atoms with Crippen LogP contribution in [0.1, 0.15) is 20.8 Å². The highest BCUT2D eigenvalue weighted by Gasteiger charge is 2.10. The van der Waals surface area contributed by atoms with Crippen molar-refractivity contribution in [2.24, 2.45) is 0 Å². The van der Waals surface area contributed by atoms with Gasteiger partial charge in [0.2, 0.25) is 0 Å². The molecule has 0 unspecified atom stereocenters. The van der Waals surface area contributed by atoms with Crippen LogP contribution in [0.2, 0.25) is 0 Å². The predicted octanol–water partition coefficient (Wildman–Crippen LogP) is 1.55. The standard InChI is InChI=1S/C7H18N.C3H6O3S/c1-5-8(4,6-2)7-3;1-2-3-7(4,5)6/h5-7H2,1-4H3;2H,1,3H2,(H,4,5,6)/q+1;. The Morgan fingerprint density at radius 2 is 1.53 bits per heavy atom. The summed E-state index contributed by atoms with van der Waals surface area (Å²) >= 11 is 0. The third-order valence-corrected chi connectivity index (χ3v) is 3.28. The maximum Gasteiger partial charge on any atom is 0.268 e. The van der Waals surface area contributed by atoms with E-state index in [0.29, 0.717) is 0 Å². The molecule has 15 heavy (non-hydrogen) atoms. The summed E-state index contributed by atoms with van der Waals surface area (Å²) in [7, 11) is -1.50. The fourth-order valence-corrected chi connectivity index (χ4v) is 1.12. The molecule has 0 aliphatic heterocycles. The molecule has 0 atom stereocenters. The third-order valence-electron chi connectivity index (χ3n) is 2.62. The molecule has 1 N–H and O–H groups in total. The molecule has 0 aliphatic rings. The van der Waals surface area contributed by atoms with Gasteiger partial charge < -0.3 is 4.48 Å². The molecule has 0 saturated heterocycles. The van der Waals surface area contributed by atoms with Crippen LogP contribution in [0, 0.1) is 0 Å². The fourth-order valence-electron chi connectivity index (χ4n) is 0.820. The van der Waals surface area contributed by atoms with E-state index >= 15 is 0 Å².